The molecule has 0 amide bonds. The summed E-state index contributed by atoms with van der Waals surface area (Å²) in [5.74, 6) is 0.154. The summed E-state index contributed by atoms with van der Waals surface area (Å²) in [4.78, 5) is 11.7. The molecule has 0 atom stereocenters. The van der Waals surface area contributed by atoms with Crippen LogP contribution in [0, 0.1) is 0 Å². The van der Waals surface area contributed by atoms with E-state index < -0.39 is 0 Å². The van der Waals surface area contributed by atoms with Crippen molar-refractivity contribution in [2.45, 2.75) is 0 Å². The van der Waals surface area contributed by atoms with Crippen LogP contribution in [0.1, 0.15) is 11.1 Å². The third-order valence-electron chi connectivity index (χ3n) is 2.62. The molecule has 3 nitrogen and oxygen atoms in total. The van der Waals surface area contributed by atoms with Crippen molar-refractivity contribution in [3.63, 3.8) is 0 Å². The average Bonchev–Trinajstić information content (AvgIpc) is 2.43. The monoisotopic (exact) mass is 266 g/mol. The van der Waals surface area contributed by atoms with E-state index in [9.17, 15) is 15.0 Å². The van der Waals surface area contributed by atoms with E-state index in [1.165, 1.54) is 12.2 Å². The SMILES string of the molecule is O=C(/C=C\c1cccc(O)c1)/C=C\c1cccc(O)c1. The first-order chi connectivity index (χ1) is 9.63. The van der Waals surface area contributed by atoms with Gasteiger partial charge in [-0.2, -0.15) is 0 Å². The lowest BCUT2D eigenvalue weighted by atomic mass is 10.1. The molecule has 100 valence electrons. The highest BCUT2D eigenvalue weighted by Crippen LogP contribution is 2.13. The fourth-order valence-corrected chi connectivity index (χ4v) is 1.67. The quantitative estimate of drug-likeness (QED) is 0.834. The summed E-state index contributed by atoms with van der Waals surface area (Å²) in [6.45, 7) is 0. The minimum atomic E-state index is -0.170. The zero-order chi connectivity index (χ0) is 14.4. The van der Waals surface area contributed by atoms with Gasteiger partial charge in [0.1, 0.15) is 11.5 Å². The summed E-state index contributed by atoms with van der Waals surface area (Å²) in [6.07, 6.45) is 6.12. The van der Waals surface area contributed by atoms with E-state index in [2.05, 4.69) is 0 Å². The average molecular weight is 266 g/mol. The minimum Gasteiger partial charge on any atom is -0.508 e. The topological polar surface area (TPSA) is 57.5 Å². The molecule has 0 aliphatic rings. The highest BCUT2D eigenvalue weighted by molar-refractivity contribution is 6.04. The molecule has 0 unspecified atom stereocenters. The Morgan fingerprint density at radius 2 is 1.25 bits per heavy atom. The van der Waals surface area contributed by atoms with E-state index in [1.54, 1.807) is 60.7 Å². The third kappa shape index (κ3) is 4.14. The van der Waals surface area contributed by atoms with Crippen molar-refractivity contribution < 1.29 is 15.0 Å². The van der Waals surface area contributed by atoms with Crippen molar-refractivity contribution in [1.29, 1.82) is 0 Å². The summed E-state index contributed by atoms with van der Waals surface area (Å²) in [6, 6.07) is 13.3. The van der Waals surface area contributed by atoms with Crippen LogP contribution in [0.25, 0.3) is 12.2 Å². The smallest absolute Gasteiger partial charge is 0.178 e. The van der Waals surface area contributed by atoms with E-state index in [1.807, 2.05) is 0 Å². The zero-order valence-corrected chi connectivity index (χ0v) is 10.7. The number of allylic oxidation sites excluding steroid dienone is 2. The molecule has 2 N–H and O–H groups in total. The molecule has 0 radical (unpaired) electrons. The number of hydrogen-bond acceptors (Lipinski definition) is 3. The number of carbonyl (C=O) groups excluding carboxylic acids is 1. The normalized spacial score (nSPS) is 11.2. The molecule has 0 aromatic heterocycles. The lowest BCUT2D eigenvalue weighted by Gasteiger charge is -1.94. The Hall–Kier alpha value is -2.81. The van der Waals surface area contributed by atoms with Gasteiger partial charge in [0.2, 0.25) is 0 Å². The van der Waals surface area contributed by atoms with Crippen LogP contribution in [-0.4, -0.2) is 16.0 Å². The van der Waals surface area contributed by atoms with E-state index in [0.29, 0.717) is 0 Å². The number of phenolic OH excluding ortho intramolecular Hbond substituents is 2. The number of ketones is 1. The zero-order valence-electron chi connectivity index (χ0n) is 10.7. The van der Waals surface area contributed by atoms with Crippen molar-refractivity contribution >= 4 is 17.9 Å². The van der Waals surface area contributed by atoms with Gasteiger partial charge < -0.3 is 10.2 Å². The maximum absolute atomic E-state index is 11.7. The predicted molar refractivity (Wildman–Crippen MR) is 79.3 cm³/mol. The lowest BCUT2D eigenvalue weighted by Crippen LogP contribution is -1.84. The number of hydrogen-bond donors (Lipinski definition) is 2. The highest BCUT2D eigenvalue weighted by Gasteiger charge is 1.93. The number of benzene rings is 2. The Morgan fingerprint density at radius 3 is 1.65 bits per heavy atom. The molecule has 0 aliphatic heterocycles. The third-order valence-corrected chi connectivity index (χ3v) is 2.62. The Bertz CT molecular complexity index is 612. The Morgan fingerprint density at radius 1 is 0.800 bits per heavy atom. The van der Waals surface area contributed by atoms with Gasteiger partial charge in [0.25, 0.3) is 0 Å². The van der Waals surface area contributed by atoms with Crippen LogP contribution in [0.3, 0.4) is 0 Å². The summed E-state index contributed by atoms with van der Waals surface area (Å²) in [5, 5.41) is 18.6. The molecule has 0 bridgehead atoms. The number of phenols is 2. The fraction of sp³-hybridized carbons (Fsp3) is 0. The maximum Gasteiger partial charge on any atom is 0.178 e. The molecule has 3 heteroatoms. The second-order valence-corrected chi connectivity index (χ2v) is 4.26. The second-order valence-electron chi connectivity index (χ2n) is 4.26. The Labute approximate surface area is 117 Å². The fourth-order valence-electron chi connectivity index (χ4n) is 1.67. The highest BCUT2D eigenvalue weighted by atomic mass is 16.3. The van der Waals surface area contributed by atoms with Crippen molar-refractivity contribution in [3.8, 4) is 11.5 Å². The molecular weight excluding hydrogens is 252 g/mol. The molecule has 2 rings (SSSR count). The molecule has 0 aliphatic carbocycles. The van der Waals surface area contributed by atoms with Gasteiger partial charge in [-0.25, -0.2) is 0 Å². The second kappa shape index (κ2) is 6.38. The van der Waals surface area contributed by atoms with E-state index in [-0.39, 0.29) is 17.3 Å². The molecule has 0 saturated heterocycles. The van der Waals surface area contributed by atoms with Gasteiger partial charge >= 0.3 is 0 Å². The van der Waals surface area contributed by atoms with E-state index >= 15 is 0 Å². The van der Waals surface area contributed by atoms with Gasteiger partial charge in [0, 0.05) is 0 Å². The predicted octanol–water partition coefficient (Wildman–Crippen LogP) is 3.39. The Kier molecular flexibility index (Phi) is 4.35. The van der Waals surface area contributed by atoms with Crippen LogP contribution < -0.4 is 0 Å². The summed E-state index contributed by atoms with van der Waals surface area (Å²) in [7, 11) is 0. The van der Waals surface area contributed by atoms with Crippen LogP contribution in [0.2, 0.25) is 0 Å². The van der Waals surface area contributed by atoms with Crippen LogP contribution in [-0.2, 0) is 4.79 Å². The van der Waals surface area contributed by atoms with Gasteiger partial charge in [-0.1, -0.05) is 36.4 Å². The van der Waals surface area contributed by atoms with Crippen molar-refractivity contribution in [3.05, 3.63) is 71.8 Å². The van der Waals surface area contributed by atoms with Crippen LogP contribution in [0.5, 0.6) is 11.5 Å². The number of rotatable bonds is 4. The standard InChI is InChI=1S/C17H14O3/c18-15(9-7-13-3-1-5-16(19)11-13)10-8-14-4-2-6-17(20)12-14/h1-12,19-20H/b9-7-,10-8-. The molecule has 2 aromatic rings. The lowest BCUT2D eigenvalue weighted by molar-refractivity contribution is -0.110. The van der Waals surface area contributed by atoms with Gasteiger partial charge in [0.05, 0.1) is 0 Å². The molecule has 20 heavy (non-hydrogen) atoms. The molecular formula is C17H14O3. The summed E-state index contributed by atoms with van der Waals surface area (Å²) < 4.78 is 0. The molecule has 0 spiro atoms. The van der Waals surface area contributed by atoms with Gasteiger partial charge in [-0.05, 0) is 47.5 Å². The van der Waals surface area contributed by atoms with Crippen LogP contribution in [0.4, 0.5) is 0 Å². The number of aromatic hydroxyl groups is 2. The molecule has 0 fully saturated rings. The Balaban J connectivity index is 2.02. The van der Waals surface area contributed by atoms with Crippen LogP contribution >= 0.6 is 0 Å². The molecule has 2 aromatic carbocycles. The van der Waals surface area contributed by atoms with Crippen molar-refractivity contribution in [2.24, 2.45) is 0 Å². The first-order valence-corrected chi connectivity index (χ1v) is 6.12. The first-order valence-electron chi connectivity index (χ1n) is 6.12. The van der Waals surface area contributed by atoms with Crippen molar-refractivity contribution in [2.75, 3.05) is 0 Å². The molecule has 0 heterocycles. The number of carbonyl (C=O) groups is 1. The molecule has 0 saturated carbocycles. The van der Waals surface area contributed by atoms with Crippen LogP contribution in [0.15, 0.2) is 60.7 Å². The minimum absolute atomic E-state index is 0.162. The summed E-state index contributed by atoms with van der Waals surface area (Å²) in [5.41, 5.74) is 1.51. The first kappa shape index (κ1) is 13.6. The largest absolute Gasteiger partial charge is 0.508 e. The van der Waals surface area contributed by atoms with Crippen molar-refractivity contribution in [1.82, 2.24) is 0 Å². The van der Waals surface area contributed by atoms with E-state index in [4.69, 9.17) is 0 Å². The van der Waals surface area contributed by atoms with Gasteiger partial charge in [-0.3, -0.25) is 4.79 Å². The summed E-state index contributed by atoms with van der Waals surface area (Å²) >= 11 is 0. The van der Waals surface area contributed by atoms with Gasteiger partial charge in [0.15, 0.2) is 5.78 Å². The maximum atomic E-state index is 11.7. The van der Waals surface area contributed by atoms with Gasteiger partial charge in [-0.15, -0.1) is 0 Å². The van der Waals surface area contributed by atoms with E-state index in [0.717, 1.165) is 11.1 Å².